The predicted molar refractivity (Wildman–Crippen MR) is 46.4 cm³/mol. The van der Waals surface area contributed by atoms with Crippen molar-refractivity contribution in [3.05, 3.63) is 0 Å². The number of carbonyl (C=O) groups excluding carboxylic acids is 1. The molecule has 0 aliphatic rings. The highest BCUT2D eigenvalue weighted by atomic mass is 16.5. The van der Waals surface area contributed by atoms with Crippen molar-refractivity contribution in [1.29, 1.82) is 0 Å². The summed E-state index contributed by atoms with van der Waals surface area (Å²) in [5.74, 6) is -1.40. The van der Waals surface area contributed by atoms with Gasteiger partial charge in [-0.15, -0.1) is 0 Å². The topological polar surface area (TPSA) is 75.6 Å². The van der Waals surface area contributed by atoms with Crippen LogP contribution < -0.4 is 5.32 Å². The van der Waals surface area contributed by atoms with Gasteiger partial charge in [0.25, 0.3) is 0 Å². The van der Waals surface area contributed by atoms with Crippen LogP contribution in [0.25, 0.3) is 0 Å². The van der Waals surface area contributed by atoms with Crippen LogP contribution in [0.2, 0.25) is 0 Å². The van der Waals surface area contributed by atoms with E-state index in [2.05, 4.69) is 5.32 Å². The number of hydrogen-bond acceptors (Lipinski definition) is 3. The van der Waals surface area contributed by atoms with Gasteiger partial charge in [-0.05, 0) is 6.92 Å². The molecule has 0 aliphatic carbocycles. The average molecular weight is 189 g/mol. The number of ether oxygens (including phenoxy) is 1. The Morgan fingerprint density at radius 2 is 2.08 bits per heavy atom. The van der Waals surface area contributed by atoms with Gasteiger partial charge in [0, 0.05) is 13.5 Å². The van der Waals surface area contributed by atoms with Crippen molar-refractivity contribution < 1.29 is 19.4 Å². The number of amides is 1. The van der Waals surface area contributed by atoms with E-state index in [0.29, 0.717) is 0 Å². The summed E-state index contributed by atoms with van der Waals surface area (Å²) in [4.78, 5) is 21.7. The van der Waals surface area contributed by atoms with E-state index in [0.717, 1.165) is 0 Å². The summed E-state index contributed by atoms with van der Waals surface area (Å²) < 4.78 is 4.72. The highest BCUT2D eigenvalue weighted by Gasteiger charge is 2.34. The van der Waals surface area contributed by atoms with E-state index in [-0.39, 0.29) is 18.9 Å². The zero-order valence-corrected chi connectivity index (χ0v) is 8.09. The largest absolute Gasteiger partial charge is 0.479 e. The van der Waals surface area contributed by atoms with Gasteiger partial charge in [0.05, 0.1) is 6.61 Å². The molecule has 0 aromatic heterocycles. The summed E-state index contributed by atoms with van der Waals surface area (Å²) in [7, 11) is 1.39. The van der Waals surface area contributed by atoms with Gasteiger partial charge in [-0.1, -0.05) is 6.92 Å². The first-order chi connectivity index (χ1) is 5.96. The van der Waals surface area contributed by atoms with E-state index in [1.54, 1.807) is 6.92 Å². The van der Waals surface area contributed by atoms with Crippen LogP contribution in [0.1, 0.15) is 20.3 Å². The summed E-state index contributed by atoms with van der Waals surface area (Å²) in [6.07, 6.45) is 0.257. The molecular weight excluding hydrogens is 174 g/mol. The number of carboxylic acid groups (broad SMARTS) is 1. The van der Waals surface area contributed by atoms with Crippen LogP contribution in [0.3, 0.4) is 0 Å². The van der Waals surface area contributed by atoms with Crippen LogP contribution in [-0.4, -0.2) is 36.2 Å². The minimum absolute atomic E-state index is 0.0475. The molecule has 1 atom stereocenters. The van der Waals surface area contributed by atoms with Gasteiger partial charge in [-0.3, -0.25) is 4.79 Å². The summed E-state index contributed by atoms with van der Waals surface area (Å²) in [6, 6.07) is 0. The molecule has 2 N–H and O–H groups in total. The van der Waals surface area contributed by atoms with E-state index in [1.807, 2.05) is 0 Å². The first kappa shape index (κ1) is 11.9. The molecule has 0 aromatic carbocycles. The number of hydrogen-bond donors (Lipinski definition) is 2. The number of carboxylic acids is 1. The van der Waals surface area contributed by atoms with Crippen LogP contribution in [0.5, 0.6) is 0 Å². The van der Waals surface area contributed by atoms with Crippen molar-refractivity contribution in [2.45, 2.75) is 25.8 Å². The standard InChI is InChI=1S/C8H15NO4/c1-4-6(10)9-8(2,5-13-3)7(11)12/h4-5H2,1-3H3,(H,9,10)(H,11,12). The van der Waals surface area contributed by atoms with Crippen molar-refractivity contribution in [2.24, 2.45) is 0 Å². The molecule has 5 nitrogen and oxygen atoms in total. The molecule has 1 unspecified atom stereocenters. The maximum absolute atomic E-state index is 11.0. The lowest BCUT2D eigenvalue weighted by molar-refractivity contribution is -0.149. The maximum atomic E-state index is 11.0. The molecule has 13 heavy (non-hydrogen) atoms. The van der Waals surface area contributed by atoms with Crippen molar-refractivity contribution in [1.82, 2.24) is 5.32 Å². The van der Waals surface area contributed by atoms with E-state index >= 15 is 0 Å². The molecule has 0 aliphatic heterocycles. The molecule has 0 saturated heterocycles. The van der Waals surface area contributed by atoms with Crippen LogP contribution >= 0.6 is 0 Å². The van der Waals surface area contributed by atoms with Crippen LogP contribution in [0, 0.1) is 0 Å². The van der Waals surface area contributed by atoms with Gasteiger partial charge < -0.3 is 15.2 Å². The Bertz CT molecular complexity index is 204. The SMILES string of the molecule is CCC(=O)NC(C)(COC)C(=O)O. The monoisotopic (exact) mass is 189 g/mol. The average Bonchev–Trinajstić information content (AvgIpc) is 2.04. The Morgan fingerprint density at radius 1 is 1.54 bits per heavy atom. The zero-order valence-electron chi connectivity index (χ0n) is 8.09. The molecule has 76 valence electrons. The molecule has 0 rings (SSSR count). The summed E-state index contributed by atoms with van der Waals surface area (Å²) >= 11 is 0. The third-order valence-electron chi connectivity index (χ3n) is 1.64. The van der Waals surface area contributed by atoms with E-state index < -0.39 is 11.5 Å². The Morgan fingerprint density at radius 3 is 2.38 bits per heavy atom. The number of carbonyl (C=O) groups is 2. The summed E-state index contributed by atoms with van der Waals surface area (Å²) in [5, 5.41) is 11.2. The molecule has 5 heteroatoms. The molecule has 0 spiro atoms. The third-order valence-corrected chi connectivity index (χ3v) is 1.64. The molecule has 1 amide bonds. The summed E-state index contributed by atoms with van der Waals surface area (Å²) in [6.45, 7) is 3.02. The second-order valence-corrected chi connectivity index (χ2v) is 2.97. The number of rotatable bonds is 5. The Balaban J connectivity index is 4.41. The van der Waals surface area contributed by atoms with E-state index in [1.165, 1.54) is 14.0 Å². The minimum atomic E-state index is -1.33. The molecule has 0 saturated carbocycles. The van der Waals surface area contributed by atoms with Crippen LogP contribution in [0.4, 0.5) is 0 Å². The smallest absolute Gasteiger partial charge is 0.331 e. The number of aliphatic carboxylic acids is 1. The summed E-state index contributed by atoms with van der Waals surface area (Å²) in [5.41, 5.74) is -1.33. The second kappa shape index (κ2) is 4.81. The maximum Gasteiger partial charge on any atom is 0.331 e. The van der Waals surface area contributed by atoms with Crippen molar-refractivity contribution >= 4 is 11.9 Å². The first-order valence-electron chi connectivity index (χ1n) is 3.99. The molecule has 0 heterocycles. The van der Waals surface area contributed by atoms with E-state index in [9.17, 15) is 9.59 Å². The molecule has 0 fully saturated rings. The highest BCUT2D eigenvalue weighted by molar-refractivity contribution is 5.86. The fourth-order valence-corrected chi connectivity index (χ4v) is 0.836. The Hall–Kier alpha value is -1.10. The second-order valence-electron chi connectivity index (χ2n) is 2.97. The number of methoxy groups -OCH3 is 1. The lowest BCUT2D eigenvalue weighted by atomic mass is 10.0. The van der Waals surface area contributed by atoms with Gasteiger partial charge in [0.1, 0.15) is 0 Å². The first-order valence-corrected chi connectivity index (χ1v) is 3.99. The molecule has 0 radical (unpaired) electrons. The van der Waals surface area contributed by atoms with Crippen LogP contribution in [0.15, 0.2) is 0 Å². The quantitative estimate of drug-likeness (QED) is 0.638. The molecular formula is C8H15NO4. The Labute approximate surface area is 77.1 Å². The minimum Gasteiger partial charge on any atom is -0.479 e. The van der Waals surface area contributed by atoms with Crippen molar-refractivity contribution in [2.75, 3.05) is 13.7 Å². The van der Waals surface area contributed by atoms with Gasteiger partial charge in [0.15, 0.2) is 5.54 Å². The van der Waals surface area contributed by atoms with E-state index in [4.69, 9.17) is 9.84 Å². The van der Waals surface area contributed by atoms with Gasteiger partial charge in [-0.2, -0.15) is 0 Å². The third kappa shape index (κ3) is 3.42. The Kier molecular flexibility index (Phi) is 4.40. The zero-order chi connectivity index (χ0) is 10.5. The highest BCUT2D eigenvalue weighted by Crippen LogP contribution is 2.04. The molecule has 0 bridgehead atoms. The lowest BCUT2D eigenvalue weighted by Crippen LogP contribution is -2.55. The van der Waals surface area contributed by atoms with Gasteiger partial charge >= 0.3 is 5.97 Å². The fraction of sp³-hybridized carbons (Fsp3) is 0.750. The van der Waals surface area contributed by atoms with Crippen molar-refractivity contribution in [3.63, 3.8) is 0 Å². The van der Waals surface area contributed by atoms with Crippen LogP contribution in [-0.2, 0) is 14.3 Å². The van der Waals surface area contributed by atoms with Gasteiger partial charge in [-0.25, -0.2) is 4.79 Å². The normalized spacial score (nSPS) is 14.7. The predicted octanol–water partition coefficient (Wildman–Crippen LogP) is 0.00230. The van der Waals surface area contributed by atoms with Gasteiger partial charge in [0.2, 0.25) is 5.91 Å². The van der Waals surface area contributed by atoms with Crippen molar-refractivity contribution in [3.8, 4) is 0 Å². The number of nitrogens with one attached hydrogen (secondary N) is 1. The lowest BCUT2D eigenvalue weighted by Gasteiger charge is -2.24. The fourth-order valence-electron chi connectivity index (χ4n) is 0.836. The molecule has 0 aromatic rings.